The van der Waals surface area contributed by atoms with Gasteiger partial charge in [-0.05, 0) is 43.7 Å². The lowest BCUT2D eigenvalue weighted by molar-refractivity contribution is -0.131. The van der Waals surface area contributed by atoms with E-state index < -0.39 is 5.97 Å². The minimum absolute atomic E-state index is 0.626. The second-order valence-corrected chi connectivity index (χ2v) is 3.98. The largest absolute Gasteiger partial charge is 0.494 e. The van der Waals surface area contributed by atoms with Crippen molar-refractivity contribution in [2.45, 2.75) is 13.8 Å². The number of hydrogen-bond acceptors (Lipinski definition) is 2. The molecule has 4 heteroatoms. The van der Waals surface area contributed by atoms with Gasteiger partial charge in [-0.15, -0.1) is 0 Å². The molecule has 2 aromatic rings. The predicted molar refractivity (Wildman–Crippen MR) is 70.9 cm³/mol. The molecule has 94 valence electrons. The van der Waals surface area contributed by atoms with Crippen LogP contribution in [0, 0.1) is 6.92 Å². The van der Waals surface area contributed by atoms with Crippen LogP contribution < -0.4 is 4.74 Å². The molecule has 0 fully saturated rings. The summed E-state index contributed by atoms with van der Waals surface area (Å²) in [5.41, 5.74) is 2.80. The van der Waals surface area contributed by atoms with Crippen LogP contribution in [0.5, 0.6) is 5.75 Å². The van der Waals surface area contributed by atoms with Gasteiger partial charge >= 0.3 is 5.97 Å². The fourth-order valence-electron chi connectivity index (χ4n) is 1.90. The average Bonchev–Trinajstić information content (AvgIpc) is 2.64. The summed E-state index contributed by atoms with van der Waals surface area (Å²) < 4.78 is 5.45. The Hall–Kier alpha value is -2.23. The third kappa shape index (κ3) is 2.37. The smallest absolute Gasteiger partial charge is 0.328 e. The fraction of sp³-hybridized carbons (Fsp3) is 0.214. The van der Waals surface area contributed by atoms with Crippen molar-refractivity contribution in [1.82, 2.24) is 4.98 Å². The molecule has 0 atom stereocenters. The van der Waals surface area contributed by atoms with Crippen LogP contribution in [0.15, 0.2) is 24.3 Å². The highest BCUT2D eigenvalue weighted by molar-refractivity contribution is 5.91. The summed E-state index contributed by atoms with van der Waals surface area (Å²) in [6, 6.07) is 5.79. The zero-order valence-corrected chi connectivity index (χ0v) is 10.4. The van der Waals surface area contributed by atoms with Crippen LogP contribution in [0.25, 0.3) is 17.0 Å². The molecule has 2 rings (SSSR count). The minimum Gasteiger partial charge on any atom is -0.494 e. The van der Waals surface area contributed by atoms with Gasteiger partial charge in [0.1, 0.15) is 5.75 Å². The van der Waals surface area contributed by atoms with Gasteiger partial charge in [0.2, 0.25) is 0 Å². The standard InChI is InChI=1S/C14H15NO3/c1-3-18-10-4-5-13-11(8-10)9(2)12(15-13)6-7-14(16)17/h4-8,15H,3H2,1-2H3,(H,16,17)/b7-6+. The Morgan fingerprint density at radius 1 is 1.50 bits per heavy atom. The number of aryl methyl sites for hydroxylation is 1. The molecule has 0 bridgehead atoms. The molecule has 0 amide bonds. The number of carboxylic acid groups (broad SMARTS) is 1. The molecule has 1 aromatic carbocycles. The molecule has 0 radical (unpaired) electrons. The number of carbonyl (C=O) groups is 1. The van der Waals surface area contributed by atoms with Crippen LogP contribution in [0.1, 0.15) is 18.2 Å². The highest BCUT2D eigenvalue weighted by Gasteiger charge is 2.06. The van der Waals surface area contributed by atoms with Crippen LogP contribution in [-0.4, -0.2) is 22.7 Å². The lowest BCUT2D eigenvalue weighted by atomic mass is 10.1. The molecule has 0 aliphatic heterocycles. The Balaban J connectivity index is 2.46. The number of benzene rings is 1. The fourth-order valence-corrected chi connectivity index (χ4v) is 1.90. The van der Waals surface area contributed by atoms with Crippen molar-refractivity contribution in [2.75, 3.05) is 6.61 Å². The normalized spacial score (nSPS) is 11.2. The maximum absolute atomic E-state index is 10.5. The van der Waals surface area contributed by atoms with Gasteiger partial charge in [0.05, 0.1) is 6.61 Å². The number of H-pyrrole nitrogens is 1. The number of rotatable bonds is 4. The second kappa shape index (κ2) is 4.96. The summed E-state index contributed by atoms with van der Waals surface area (Å²) >= 11 is 0. The number of ether oxygens (including phenoxy) is 1. The van der Waals surface area contributed by atoms with E-state index in [0.717, 1.165) is 34.0 Å². The number of aliphatic carboxylic acids is 1. The van der Waals surface area contributed by atoms with E-state index in [1.165, 1.54) is 0 Å². The molecule has 4 nitrogen and oxygen atoms in total. The summed E-state index contributed by atoms with van der Waals surface area (Å²) in [7, 11) is 0. The zero-order chi connectivity index (χ0) is 13.1. The molecule has 0 unspecified atom stereocenters. The minimum atomic E-state index is -0.955. The van der Waals surface area contributed by atoms with Gasteiger partial charge in [-0.1, -0.05) is 0 Å². The molecule has 0 spiro atoms. The van der Waals surface area contributed by atoms with E-state index in [1.54, 1.807) is 6.08 Å². The van der Waals surface area contributed by atoms with Gasteiger partial charge in [-0.3, -0.25) is 0 Å². The average molecular weight is 245 g/mol. The number of carboxylic acids is 1. The molecule has 0 aliphatic carbocycles. The third-order valence-corrected chi connectivity index (χ3v) is 2.77. The van der Waals surface area contributed by atoms with E-state index in [2.05, 4.69) is 4.98 Å². The van der Waals surface area contributed by atoms with E-state index in [1.807, 2.05) is 32.0 Å². The quantitative estimate of drug-likeness (QED) is 0.814. The Labute approximate surface area is 105 Å². The number of aromatic nitrogens is 1. The summed E-state index contributed by atoms with van der Waals surface area (Å²) in [6.07, 6.45) is 2.69. The van der Waals surface area contributed by atoms with Gasteiger partial charge in [0.25, 0.3) is 0 Å². The van der Waals surface area contributed by atoms with Gasteiger partial charge < -0.3 is 14.8 Å². The first-order valence-electron chi connectivity index (χ1n) is 5.78. The highest BCUT2D eigenvalue weighted by Crippen LogP contribution is 2.26. The lowest BCUT2D eigenvalue weighted by Gasteiger charge is -2.02. The number of fused-ring (bicyclic) bond motifs is 1. The first-order valence-corrected chi connectivity index (χ1v) is 5.78. The van der Waals surface area contributed by atoms with Gasteiger partial charge in [-0.25, -0.2) is 4.79 Å². The molecule has 2 N–H and O–H groups in total. The topological polar surface area (TPSA) is 62.3 Å². The van der Waals surface area contributed by atoms with Crippen molar-refractivity contribution in [3.8, 4) is 5.75 Å². The Bertz CT molecular complexity index is 611. The van der Waals surface area contributed by atoms with Gasteiger partial charge in [0, 0.05) is 22.7 Å². The Kier molecular flexibility index (Phi) is 3.37. The van der Waals surface area contributed by atoms with E-state index in [0.29, 0.717) is 6.61 Å². The van der Waals surface area contributed by atoms with Crippen molar-refractivity contribution < 1.29 is 14.6 Å². The Morgan fingerprint density at radius 2 is 2.28 bits per heavy atom. The third-order valence-electron chi connectivity index (χ3n) is 2.77. The molecule has 0 saturated carbocycles. The first-order chi connectivity index (χ1) is 8.61. The molecular weight excluding hydrogens is 230 g/mol. The summed E-state index contributed by atoms with van der Waals surface area (Å²) in [5.74, 6) is -0.135. The second-order valence-electron chi connectivity index (χ2n) is 3.98. The van der Waals surface area contributed by atoms with Gasteiger partial charge in [0.15, 0.2) is 0 Å². The monoisotopic (exact) mass is 245 g/mol. The number of nitrogens with one attached hydrogen (secondary N) is 1. The van der Waals surface area contributed by atoms with Crippen LogP contribution in [0.4, 0.5) is 0 Å². The number of hydrogen-bond donors (Lipinski definition) is 2. The maximum atomic E-state index is 10.5. The summed E-state index contributed by atoms with van der Waals surface area (Å²) in [6.45, 7) is 4.52. The highest BCUT2D eigenvalue weighted by atomic mass is 16.5. The van der Waals surface area contributed by atoms with E-state index in [9.17, 15) is 4.79 Å². The molecule has 18 heavy (non-hydrogen) atoms. The van der Waals surface area contributed by atoms with E-state index in [4.69, 9.17) is 9.84 Å². The molecule has 1 heterocycles. The first kappa shape index (κ1) is 12.2. The van der Waals surface area contributed by atoms with E-state index >= 15 is 0 Å². The SMILES string of the molecule is CCOc1ccc2[nH]c(/C=C/C(=O)O)c(C)c2c1. The predicted octanol–water partition coefficient (Wildman–Crippen LogP) is 2.97. The molecule has 0 aliphatic rings. The van der Waals surface area contributed by atoms with Crippen LogP contribution in [0.3, 0.4) is 0 Å². The van der Waals surface area contributed by atoms with Gasteiger partial charge in [-0.2, -0.15) is 0 Å². The van der Waals surface area contributed by atoms with Crippen molar-refractivity contribution in [3.05, 3.63) is 35.5 Å². The molecule has 1 aromatic heterocycles. The van der Waals surface area contributed by atoms with Crippen molar-refractivity contribution in [2.24, 2.45) is 0 Å². The van der Waals surface area contributed by atoms with Crippen molar-refractivity contribution >= 4 is 22.9 Å². The van der Waals surface area contributed by atoms with Crippen molar-refractivity contribution in [1.29, 1.82) is 0 Å². The van der Waals surface area contributed by atoms with Crippen LogP contribution in [-0.2, 0) is 4.79 Å². The van der Waals surface area contributed by atoms with Crippen molar-refractivity contribution in [3.63, 3.8) is 0 Å². The number of aromatic amines is 1. The van der Waals surface area contributed by atoms with Crippen LogP contribution in [0.2, 0.25) is 0 Å². The zero-order valence-electron chi connectivity index (χ0n) is 10.4. The molecule has 0 saturated heterocycles. The van der Waals surface area contributed by atoms with E-state index in [-0.39, 0.29) is 0 Å². The summed E-state index contributed by atoms with van der Waals surface area (Å²) in [4.78, 5) is 13.7. The summed E-state index contributed by atoms with van der Waals surface area (Å²) in [5, 5.41) is 9.68. The Morgan fingerprint density at radius 3 is 2.94 bits per heavy atom. The maximum Gasteiger partial charge on any atom is 0.328 e. The van der Waals surface area contributed by atoms with Crippen LogP contribution >= 0.6 is 0 Å². The molecular formula is C14H15NO3. The lowest BCUT2D eigenvalue weighted by Crippen LogP contribution is -1.90.